The van der Waals surface area contributed by atoms with Crippen LogP contribution in [-0.4, -0.2) is 28.1 Å². The van der Waals surface area contributed by atoms with E-state index in [-0.39, 0.29) is 17.9 Å². The molecule has 0 aliphatic heterocycles. The summed E-state index contributed by atoms with van der Waals surface area (Å²) in [5, 5.41) is 12.4. The minimum atomic E-state index is -0.552. The van der Waals surface area contributed by atoms with E-state index in [1.54, 1.807) is 12.4 Å². The van der Waals surface area contributed by atoms with Gasteiger partial charge in [-0.2, -0.15) is 0 Å². The first kappa shape index (κ1) is 13.0. The molecule has 0 saturated heterocycles. The maximum Gasteiger partial charge on any atom is 0.223 e. The van der Waals surface area contributed by atoms with Gasteiger partial charge in [0.2, 0.25) is 5.91 Å². The first-order chi connectivity index (χ1) is 8.58. The second-order valence-corrected chi connectivity index (χ2v) is 4.92. The Kier molecular flexibility index (Phi) is 3.93. The zero-order valence-electron chi connectivity index (χ0n) is 10.5. The van der Waals surface area contributed by atoms with Gasteiger partial charge < -0.3 is 16.2 Å². The zero-order chi connectivity index (χ0) is 13.1. The summed E-state index contributed by atoms with van der Waals surface area (Å²) in [7, 11) is 0. The maximum atomic E-state index is 11.9. The number of nitrogens with zero attached hydrogens (tertiary/aromatic N) is 1. The van der Waals surface area contributed by atoms with Crippen LogP contribution in [0.4, 0.5) is 0 Å². The van der Waals surface area contributed by atoms with Crippen LogP contribution >= 0.6 is 0 Å². The molecule has 0 aromatic carbocycles. The monoisotopic (exact) mass is 249 g/mol. The fourth-order valence-electron chi connectivity index (χ4n) is 2.29. The van der Waals surface area contributed by atoms with Gasteiger partial charge in [-0.15, -0.1) is 0 Å². The van der Waals surface area contributed by atoms with Gasteiger partial charge in [0.25, 0.3) is 0 Å². The topological polar surface area (TPSA) is 88.2 Å². The van der Waals surface area contributed by atoms with Crippen LogP contribution in [-0.2, 0) is 11.3 Å². The fraction of sp³-hybridized carbons (Fsp3) is 0.538. The van der Waals surface area contributed by atoms with Crippen LogP contribution in [0.15, 0.2) is 18.5 Å². The molecular formula is C13H19N3O2. The summed E-state index contributed by atoms with van der Waals surface area (Å²) in [6, 6.07) is 1.62. The number of hydrogen-bond acceptors (Lipinski definition) is 4. The van der Waals surface area contributed by atoms with Gasteiger partial charge in [0, 0.05) is 30.9 Å². The summed E-state index contributed by atoms with van der Waals surface area (Å²) in [6.45, 7) is 2.46. The molecule has 1 heterocycles. The van der Waals surface area contributed by atoms with Crippen LogP contribution in [0.25, 0.3) is 0 Å². The molecule has 5 heteroatoms. The molecule has 18 heavy (non-hydrogen) atoms. The first-order valence-corrected chi connectivity index (χ1v) is 6.18. The van der Waals surface area contributed by atoms with Crippen molar-refractivity contribution < 1.29 is 9.90 Å². The van der Waals surface area contributed by atoms with Crippen molar-refractivity contribution in [2.75, 3.05) is 0 Å². The third-order valence-corrected chi connectivity index (χ3v) is 3.54. The highest BCUT2D eigenvalue weighted by atomic mass is 16.3. The number of aliphatic hydroxyl groups is 1. The molecule has 1 aromatic heterocycles. The van der Waals surface area contributed by atoms with Gasteiger partial charge in [0.1, 0.15) is 0 Å². The molecule has 1 saturated carbocycles. The Bertz CT molecular complexity index is 426. The van der Waals surface area contributed by atoms with Gasteiger partial charge in [-0.25, -0.2) is 0 Å². The molecule has 98 valence electrons. The minimum Gasteiger partial charge on any atom is -0.391 e. The SMILES string of the molecule is Cc1cnccc1CNC(=O)[C@H]1C[C@@H](N)[C@H](O)C1. The van der Waals surface area contributed by atoms with Gasteiger partial charge in [-0.05, 0) is 37.0 Å². The van der Waals surface area contributed by atoms with Gasteiger partial charge in [-0.3, -0.25) is 9.78 Å². The molecule has 1 fully saturated rings. The number of nitrogens with one attached hydrogen (secondary N) is 1. The molecule has 2 rings (SSSR count). The van der Waals surface area contributed by atoms with E-state index in [0.717, 1.165) is 11.1 Å². The second-order valence-electron chi connectivity index (χ2n) is 4.92. The van der Waals surface area contributed by atoms with E-state index in [9.17, 15) is 9.90 Å². The van der Waals surface area contributed by atoms with Crippen molar-refractivity contribution in [1.29, 1.82) is 0 Å². The predicted octanol–water partition coefficient (Wildman–Crippen LogP) is 0.104. The lowest BCUT2D eigenvalue weighted by atomic mass is 10.1. The first-order valence-electron chi connectivity index (χ1n) is 6.18. The smallest absolute Gasteiger partial charge is 0.223 e. The van der Waals surface area contributed by atoms with E-state index >= 15 is 0 Å². The number of nitrogens with two attached hydrogens (primary N) is 1. The van der Waals surface area contributed by atoms with Crippen LogP contribution < -0.4 is 11.1 Å². The quantitative estimate of drug-likeness (QED) is 0.709. The van der Waals surface area contributed by atoms with Gasteiger partial charge in [0.05, 0.1) is 6.10 Å². The molecule has 1 aromatic rings. The molecule has 5 nitrogen and oxygen atoms in total. The summed E-state index contributed by atoms with van der Waals surface area (Å²) in [5.41, 5.74) is 7.81. The number of aryl methyl sites for hydroxylation is 1. The van der Waals surface area contributed by atoms with E-state index in [4.69, 9.17) is 5.73 Å². The van der Waals surface area contributed by atoms with Crippen molar-refractivity contribution in [2.45, 2.75) is 38.5 Å². The largest absolute Gasteiger partial charge is 0.391 e. The second kappa shape index (κ2) is 5.46. The van der Waals surface area contributed by atoms with Crippen molar-refractivity contribution in [3.05, 3.63) is 29.6 Å². The number of amides is 1. The number of carbonyl (C=O) groups excluding carboxylic acids is 1. The molecule has 0 spiro atoms. The number of pyridine rings is 1. The lowest BCUT2D eigenvalue weighted by molar-refractivity contribution is -0.125. The lowest BCUT2D eigenvalue weighted by Crippen LogP contribution is -2.30. The number of hydrogen-bond donors (Lipinski definition) is 3. The Labute approximate surface area is 106 Å². The Balaban J connectivity index is 1.88. The van der Waals surface area contributed by atoms with E-state index in [1.807, 2.05) is 13.0 Å². The van der Waals surface area contributed by atoms with E-state index in [2.05, 4.69) is 10.3 Å². The number of carbonyl (C=O) groups is 1. The van der Waals surface area contributed by atoms with Crippen molar-refractivity contribution in [3.63, 3.8) is 0 Å². The lowest BCUT2D eigenvalue weighted by Gasteiger charge is -2.11. The van der Waals surface area contributed by atoms with Crippen LogP contribution in [0, 0.1) is 12.8 Å². The van der Waals surface area contributed by atoms with Crippen molar-refractivity contribution in [1.82, 2.24) is 10.3 Å². The Hall–Kier alpha value is -1.46. The molecule has 1 aliphatic carbocycles. The van der Waals surface area contributed by atoms with Crippen molar-refractivity contribution >= 4 is 5.91 Å². The number of aliphatic hydroxyl groups excluding tert-OH is 1. The fourth-order valence-corrected chi connectivity index (χ4v) is 2.29. The Morgan fingerprint density at radius 3 is 3.00 bits per heavy atom. The predicted molar refractivity (Wildman–Crippen MR) is 67.5 cm³/mol. The minimum absolute atomic E-state index is 0.0294. The molecule has 1 aliphatic rings. The van der Waals surface area contributed by atoms with Gasteiger partial charge in [-0.1, -0.05) is 0 Å². The highest BCUT2D eigenvalue weighted by Crippen LogP contribution is 2.24. The number of aromatic nitrogens is 1. The molecular weight excluding hydrogens is 230 g/mol. The van der Waals surface area contributed by atoms with Crippen LogP contribution in [0.5, 0.6) is 0 Å². The molecule has 0 radical (unpaired) electrons. The Morgan fingerprint density at radius 1 is 1.61 bits per heavy atom. The Morgan fingerprint density at radius 2 is 2.39 bits per heavy atom. The molecule has 0 bridgehead atoms. The standard InChI is InChI=1S/C13H19N3O2/c1-8-6-15-3-2-9(8)7-16-13(18)10-4-11(14)12(17)5-10/h2-3,6,10-12,17H,4-5,7,14H2,1H3,(H,16,18)/t10-,11+,12+/m0/s1. The third kappa shape index (κ3) is 2.86. The average molecular weight is 249 g/mol. The molecule has 4 N–H and O–H groups in total. The van der Waals surface area contributed by atoms with Gasteiger partial charge in [0.15, 0.2) is 0 Å². The summed E-state index contributed by atoms with van der Waals surface area (Å²) in [5.74, 6) is -0.199. The third-order valence-electron chi connectivity index (χ3n) is 3.54. The van der Waals surface area contributed by atoms with Crippen molar-refractivity contribution in [2.24, 2.45) is 11.7 Å². The van der Waals surface area contributed by atoms with E-state index in [1.165, 1.54) is 0 Å². The molecule has 1 amide bonds. The normalized spacial score (nSPS) is 27.2. The van der Waals surface area contributed by atoms with E-state index < -0.39 is 6.10 Å². The van der Waals surface area contributed by atoms with E-state index in [0.29, 0.717) is 19.4 Å². The summed E-state index contributed by atoms with van der Waals surface area (Å²) in [4.78, 5) is 15.9. The highest BCUT2D eigenvalue weighted by molar-refractivity contribution is 5.79. The summed E-state index contributed by atoms with van der Waals surface area (Å²) < 4.78 is 0. The number of rotatable bonds is 3. The highest BCUT2D eigenvalue weighted by Gasteiger charge is 2.34. The maximum absolute atomic E-state index is 11.9. The van der Waals surface area contributed by atoms with Crippen LogP contribution in [0.3, 0.4) is 0 Å². The summed E-state index contributed by atoms with van der Waals surface area (Å²) >= 11 is 0. The molecule has 0 unspecified atom stereocenters. The van der Waals surface area contributed by atoms with Crippen LogP contribution in [0.2, 0.25) is 0 Å². The van der Waals surface area contributed by atoms with Crippen LogP contribution in [0.1, 0.15) is 24.0 Å². The summed E-state index contributed by atoms with van der Waals surface area (Å²) in [6.07, 6.45) is 3.95. The molecule has 3 atom stereocenters. The van der Waals surface area contributed by atoms with Crippen molar-refractivity contribution in [3.8, 4) is 0 Å². The zero-order valence-corrected chi connectivity index (χ0v) is 10.5. The van der Waals surface area contributed by atoms with Gasteiger partial charge >= 0.3 is 0 Å². The average Bonchev–Trinajstić information content (AvgIpc) is 2.68.